The van der Waals surface area contributed by atoms with Gasteiger partial charge in [-0.3, -0.25) is 4.98 Å². The van der Waals surface area contributed by atoms with Gasteiger partial charge >= 0.3 is 0 Å². The summed E-state index contributed by atoms with van der Waals surface area (Å²) in [5, 5.41) is 4.29. The lowest BCUT2D eigenvalue weighted by Gasteiger charge is -2.28. The third kappa shape index (κ3) is 4.63. The number of para-hydroxylation sites is 1. The number of nitrogens with one attached hydrogen (secondary N) is 1. The molecule has 2 aliphatic rings. The summed E-state index contributed by atoms with van der Waals surface area (Å²) in [6, 6.07) is 24.9. The number of aryl methyl sites for hydroxylation is 1. The number of halogens is 1. The molecule has 3 heterocycles. The van der Waals surface area contributed by atoms with Gasteiger partial charge in [-0.2, -0.15) is 0 Å². The van der Waals surface area contributed by atoms with Gasteiger partial charge in [0, 0.05) is 27.7 Å². The van der Waals surface area contributed by atoms with Gasteiger partial charge in [-0.15, -0.1) is 0 Å². The minimum atomic E-state index is -0.0914. The quantitative estimate of drug-likeness (QED) is 0.234. The molecule has 0 spiro atoms. The molecular weight excluding hydrogens is 556 g/mol. The lowest BCUT2D eigenvalue weighted by molar-refractivity contribution is 0.210. The zero-order valence-corrected chi connectivity index (χ0v) is 24.0. The van der Waals surface area contributed by atoms with Crippen LogP contribution < -0.4 is 15.0 Å². The molecule has 2 aromatic heterocycles. The van der Waals surface area contributed by atoms with Crippen LogP contribution in [0.25, 0.3) is 5.69 Å². The summed E-state index contributed by atoms with van der Waals surface area (Å²) in [5.74, 6) is 0.920. The monoisotopic (exact) mass is 586 g/mol. The Kier molecular flexibility index (Phi) is 6.97. The maximum absolute atomic E-state index is 6.24. The summed E-state index contributed by atoms with van der Waals surface area (Å²) in [7, 11) is 0. The number of hydrogen-bond acceptors (Lipinski definition) is 3. The number of pyridine rings is 1. The molecule has 6 rings (SSSR count). The minimum absolute atomic E-state index is 0.0681. The van der Waals surface area contributed by atoms with Crippen LogP contribution in [0, 0.1) is 13.8 Å². The molecule has 0 radical (unpaired) electrons. The van der Waals surface area contributed by atoms with Gasteiger partial charge in [-0.05, 0) is 128 Å². The summed E-state index contributed by atoms with van der Waals surface area (Å²) in [4.78, 5) is 6.95. The van der Waals surface area contributed by atoms with Crippen molar-refractivity contribution >= 4 is 38.9 Å². The fourth-order valence-electron chi connectivity index (χ4n) is 5.92. The smallest absolute Gasteiger partial charge is 0.174 e. The van der Waals surface area contributed by atoms with Crippen molar-refractivity contribution in [3.63, 3.8) is 0 Å². The summed E-state index contributed by atoms with van der Waals surface area (Å²) in [6.07, 6.45) is 6.97. The molecule has 1 saturated heterocycles. The number of aromatic nitrogens is 2. The van der Waals surface area contributed by atoms with Crippen LogP contribution in [0.3, 0.4) is 0 Å². The van der Waals surface area contributed by atoms with Crippen LogP contribution in [0.15, 0.2) is 83.5 Å². The van der Waals surface area contributed by atoms with Crippen molar-refractivity contribution in [2.45, 2.75) is 57.7 Å². The van der Waals surface area contributed by atoms with E-state index in [0.29, 0.717) is 11.2 Å². The molecule has 7 heteroatoms. The van der Waals surface area contributed by atoms with Gasteiger partial charge in [0.05, 0.1) is 29.6 Å². The van der Waals surface area contributed by atoms with Crippen molar-refractivity contribution in [2.24, 2.45) is 0 Å². The molecular formula is C31H31BrN4OS. The second-order valence-electron chi connectivity index (χ2n) is 10.1. The number of benzene rings is 2. The van der Waals surface area contributed by atoms with E-state index in [9.17, 15) is 0 Å². The van der Waals surface area contributed by atoms with Gasteiger partial charge in [0.15, 0.2) is 5.11 Å². The molecule has 1 aliphatic carbocycles. The van der Waals surface area contributed by atoms with Gasteiger partial charge in [0.2, 0.25) is 0 Å². The Bertz CT molecular complexity index is 1450. The molecule has 0 unspecified atom stereocenters. The first kappa shape index (κ1) is 25.1. The van der Waals surface area contributed by atoms with Crippen molar-refractivity contribution in [3.8, 4) is 11.4 Å². The number of hydrogen-bond donors (Lipinski definition) is 1. The maximum Gasteiger partial charge on any atom is 0.174 e. The third-order valence-electron chi connectivity index (χ3n) is 7.70. The van der Waals surface area contributed by atoms with Crippen molar-refractivity contribution in [3.05, 3.63) is 106 Å². The summed E-state index contributed by atoms with van der Waals surface area (Å²) >= 11 is 9.72. The van der Waals surface area contributed by atoms with Gasteiger partial charge in [0.25, 0.3) is 0 Å². The van der Waals surface area contributed by atoms with E-state index < -0.39 is 0 Å². The highest BCUT2D eigenvalue weighted by Gasteiger charge is 2.42. The molecule has 2 aromatic carbocycles. The molecule has 0 amide bonds. The second-order valence-corrected chi connectivity index (χ2v) is 11.4. The van der Waals surface area contributed by atoms with Crippen LogP contribution >= 0.6 is 28.1 Å². The molecule has 1 aliphatic heterocycles. The van der Waals surface area contributed by atoms with Crippen molar-refractivity contribution in [1.82, 2.24) is 14.9 Å². The highest BCUT2D eigenvalue weighted by molar-refractivity contribution is 9.10. The zero-order valence-electron chi connectivity index (χ0n) is 21.6. The van der Waals surface area contributed by atoms with E-state index in [1.807, 2.05) is 24.4 Å². The highest BCUT2D eigenvalue weighted by Crippen LogP contribution is 2.44. The molecule has 0 bridgehead atoms. The Morgan fingerprint density at radius 3 is 2.42 bits per heavy atom. The second kappa shape index (κ2) is 10.5. The first-order valence-corrected chi connectivity index (χ1v) is 14.4. The van der Waals surface area contributed by atoms with E-state index in [0.717, 1.165) is 40.1 Å². The minimum Gasteiger partial charge on any atom is -0.490 e. The fourth-order valence-corrected chi connectivity index (χ4v) is 6.73. The van der Waals surface area contributed by atoms with Crippen LogP contribution in [0.5, 0.6) is 5.75 Å². The molecule has 1 saturated carbocycles. The number of nitrogens with zero attached hydrogens (tertiary/aromatic N) is 3. The van der Waals surface area contributed by atoms with Gasteiger partial charge < -0.3 is 19.5 Å². The van der Waals surface area contributed by atoms with Crippen LogP contribution in [0.4, 0.5) is 5.69 Å². The van der Waals surface area contributed by atoms with Crippen LogP contribution in [0.1, 0.15) is 60.4 Å². The predicted octanol–water partition coefficient (Wildman–Crippen LogP) is 7.75. The Morgan fingerprint density at radius 2 is 1.71 bits per heavy atom. The molecule has 1 N–H and O–H groups in total. The average Bonchev–Trinajstić information content (AvgIpc) is 3.63. The number of ether oxygens (including phenoxy) is 1. The van der Waals surface area contributed by atoms with E-state index in [1.54, 1.807) is 0 Å². The molecule has 194 valence electrons. The van der Waals surface area contributed by atoms with Crippen molar-refractivity contribution in [1.29, 1.82) is 0 Å². The Balaban J connectivity index is 1.42. The number of rotatable bonds is 6. The van der Waals surface area contributed by atoms with Crippen molar-refractivity contribution < 1.29 is 4.74 Å². The summed E-state index contributed by atoms with van der Waals surface area (Å²) in [5.41, 5.74) is 6.69. The third-order valence-corrected chi connectivity index (χ3v) is 8.69. The first-order valence-electron chi connectivity index (χ1n) is 13.2. The lowest BCUT2D eigenvalue weighted by Crippen LogP contribution is -2.29. The highest BCUT2D eigenvalue weighted by atomic mass is 79.9. The number of anilines is 1. The van der Waals surface area contributed by atoms with Crippen LogP contribution in [0.2, 0.25) is 0 Å². The van der Waals surface area contributed by atoms with E-state index in [2.05, 4.69) is 99.2 Å². The fraction of sp³-hybridized carbons (Fsp3) is 0.290. The molecule has 4 aromatic rings. The lowest BCUT2D eigenvalue weighted by atomic mass is 9.96. The Morgan fingerprint density at radius 1 is 0.974 bits per heavy atom. The van der Waals surface area contributed by atoms with E-state index in [-0.39, 0.29) is 12.1 Å². The van der Waals surface area contributed by atoms with Crippen LogP contribution in [-0.2, 0) is 0 Å². The standard InChI is InChI=1S/C31H31BrN4OS/c1-20-19-25(21(2)35(20)28-13-6-5-11-26(28)32)30-29(27-12-7-8-18-33-27)34-31(38)36(30)22-14-16-24(17-15-22)37-23-9-3-4-10-23/h5-8,11-19,23,29-30H,3-4,9-10H2,1-2H3,(H,34,38)/t29-,30+/m1/s1. The average molecular weight is 588 g/mol. The summed E-state index contributed by atoms with van der Waals surface area (Å²) in [6.45, 7) is 4.35. The van der Waals surface area contributed by atoms with Gasteiger partial charge in [0.1, 0.15) is 5.75 Å². The Labute approximate surface area is 238 Å². The largest absolute Gasteiger partial charge is 0.490 e. The van der Waals surface area contributed by atoms with E-state index in [4.69, 9.17) is 21.9 Å². The maximum atomic E-state index is 6.24. The number of thiocarbonyl (C=S) groups is 1. The normalized spacial score (nSPS) is 19.7. The first-order chi connectivity index (χ1) is 18.5. The van der Waals surface area contributed by atoms with Crippen LogP contribution in [-0.4, -0.2) is 20.8 Å². The zero-order chi connectivity index (χ0) is 26.2. The predicted molar refractivity (Wildman–Crippen MR) is 160 cm³/mol. The van der Waals surface area contributed by atoms with E-state index >= 15 is 0 Å². The molecule has 38 heavy (non-hydrogen) atoms. The molecule has 2 fully saturated rings. The SMILES string of the molecule is Cc1cc([C@H]2[C@@H](c3ccccn3)NC(=S)N2c2ccc(OC3CCCC3)cc2)c(C)n1-c1ccccc1Br. The topological polar surface area (TPSA) is 42.3 Å². The molecule has 5 nitrogen and oxygen atoms in total. The van der Waals surface area contributed by atoms with E-state index in [1.165, 1.54) is 29.8 Å². The Hall–Kier alpha value is -3.16. The summed E-state index contributed by atoms with van der Waals surface area (Å²) < 4.78 is 9.61. The van der Waals surface area contributed by atoms with Crippen molar-refractivity contribution in [2.75, 3.05) is 4.90 Å². The molecule has 2 atom stereocenters. The van der Waals surface area contributed by atoms with Gasteiger partial charge in [-0.25, -0.2) is 0 Å². The van der Waals surface area contributed by atoms with Gasteiger partial charge in [-0.1, -0.05) is 18.2 Å².